The zero-order valence-electron chi connectivity index (χ0n) is 15.7. The van der Waals surface area contributed by atoms with Gasteiger partial charge in [-0.15, -0.1) is 0 Å². The van der Waals surface area contributed by atoms with Gasteiger partial charge in [0, 0.05) is 61.7 Å². The fourth-order valence-corrected chi connectivity index (χ4v) is 3.67. The molecule has 2 aromatic heterocycles. The van der Waals surface area contributed by atoms with Crippen LogP contribution in [0.1, 0.15) is 36.6 Å². The van der Waals surface area contributed by atoms with Crippen molar-refractivity contribution in [3.8, 4) is 0 Å². The minimum Gasteiger partial charge on any atom is -0.378 e. The predicted molar refractivity (Wildman–Crippen MR) is 101 cm³/mol. The smallest absolute Gasteiger partial charge is 0.222 e. The van der Waals surface area contributed by atoms with Crippen LogP contribution in [-0.2, 0) is 16.1 Å². The van der Waals surface area contributed by atoms with Crippen molar-refractivity contribution in [3.05, 3.63) is 36.0 Å². The molecule has 0 bridgehead atoms. The van der Waals surface area contributed by atoms with Crippen LogP contribution in [0.2, 0.25) is 0 Å². The van der Waals surface area contributed by atoms with Crippen LogP contribution in [0.3, 0.4) is 0 Å². The first kappa shape index (κ1) is 17.9. The van der Waals surface area contributed by atoms with Gasteiger partial charge >= 0.3 is 0 Å². The topological polar surface area (TPSA) is 85.2 Å². The Bertz CT molecular complexity index is 780. The van der Waals surface area contributed by atoms with E-state index < -0.39 is 0 Å². The lowest BCUT2D eigenvalue weighted by Gasteiger charge is -2.36. The second-order valence-corrected chi connectivity index (χ2v) is 7.28. The summed E-state index contributed by atoms with van der Waals surface area (Å²) in [6.45, 7) is 5.85. The molecule has 1 saturated heterocycles. The Morgan fingerprint density at radius 2 is 2.11 bits per heavy atom. The number of ether oxygens (including phenoxy) is 1. The molecule has 1 saturated carbocycles. The summed E-state index contributed by atoms with van der Waals surface area (Å²) in [4.78, 5) is 23.3. The number of carbonyl (C=O) groups excluding carboxylic acids is 1. The Kier molecular flexibility index (Phi) is 5.33. The highest BCUT2D eigenvalue weighted by Crippen LogP contribution is 2.36. The quantitative estimate of drug-likeness (QED) is 0.824. The van der Waals surface area contributed by atoms with Crippen molar-refractivity contribution in [1.29, 1.82) is 0 Å². The molecule has 0 unspecified atom stereocenters. The standard InChI is InChI=1S/C19H26N6O2/c1-14-2-4-22-25(14)5-3-19(26)23-16-10-15(11-16)17-12-18(21-13-20-17)24-6-8-27-9-7-24/h2,4,12-13,15-16H,3,5-11H2,1H3,(H,23,26). The maximum atomic E-state index is 12.2. The molecule has 0 radical (unpaired) electrons. The van der Waals surface area contributed by atoms with Gasteiger partial charge in [-0.2, -0.15) is 5.10 Å². The number of morpholine rings is 1. The molecule has 144 valence electrons. The molecule has 0 spiro atoms. The van der Waals surface area contributed by atoms with Crippen LogP contribution < -0.4 is 10.2 Å². The fourth-order valence-electron chi connectivity index (χ4n) is 3.67. The Balaban J connectivity index is 1.24. The maximum absolute atomic E-state index is 12.2. The molecular formula is C19H26N6O2. The number of nitrogens with zero attached hydrogens (tertiary/aromatic N) is 5. The number of aryl methyl sites for hydroxylation is 2. The normalized spacial score (nSPS) is 22.3. The molecule has 2 aromatic rings. The SMILES string of the molecule is Cc1ccnn1CCC(=O)NC1CC(c2cc(N3CCOCC3)ncn2)C1. The second-order valence-electron chi connectivity index (χ2n) is 7.28. The van der Waals surface area contributed by atoms with Crippen molar-refractivity contribution in [2.75, 3.05) is 31.2 Å². The number of aromatic nitrogens is 4. The third-order valence-electron chi connectivity index (χ3n) is 5.41. The largest absolute Gasteiger partial charge is 0.378 e. The monoisotopic (exact) mass is 370 g/mol. The van der Waals surface area contributed by atoms with Crippen molar-refractivity contribution >= 4 is 11.7 Å². The van der Waals surface area contributed by atoms with E-state index in [1.54, 1.807) is 12.5 Å². The fraction of sp³-hybridized carbons (Fsp3) is 0.579. The van der Waals surface area contributed by atoms with Gasteiger partial charge in [-0.3, -0.25) is 9.48 Å². The number of nitrogens with one attached hydrogen (secondary N) is 1. The van der Waals surface area contributed by atoms with Crippen molar-refractivity contribution < 1.29 is 9.53 Å². The van der Waals surface area contributed by atoms with Crippen LogP contribution in [0, 0.1) is 6.92 Å². The van der Waals surface area contributed by atoms with Gasteiger partial charge in [-0.1, -0.05) is 0 Å². The molecule has 8 heteroatoms. The lowest BCUT2D eigenvalue weighted by molar-refractivity contribution is -0.122. The molecule has 27 heavy (non-hydrogen) atoms. The Morgan fingerprint density at radius 1 is 1.30 bits per heavy atom. The van der Waals surface area contributed by atoms with Gasteiger partial charge < -0.3 is 15.0 Å². The molecule has 8 nitrogen and oxygen atoms in total. The predicted octanol–water partition coefficient (Wildman–Crippen LogP) is 1.27. The van der Waals surface area contributed by atoms with Gasteiger partial charge in [-0.05, 0) is 25.8 Å². The highest BCUT2D eigenvalue weighted by atomic mass is 16.5. The summed E-state index contributed by atoms with van der Waals surface area (Å²) in [6, 6.07) is 4.28. The Labute approximate surface area is 158 Å². The molecule has 0 atom stereocenters. The van der Waals surface area contributed by atoms with E-state index in [2.05, 4.69) is 31.3 Å². The van der Waals surface area contributed by atoms with Crippen LogP contribution in [0.15, 0.2) is 24.7 Å². The molecule has 3 heterocycles. The summed E-state index contributed by atoms with van der Waals surface area (Å²) in [5, 5.41) is 7.34. The van der Waals surface area contributed by atoms with E-state index in [0.717, 1.165) is 56.4 Å². The minimum atomic E-state index is 0.0880. The molecule has 2 aliphatic rings. The summed E-state index contributed by atoms with van der Waals surface area (Å²) in [5.74, 6) is 1.46. The summed E-state index contributed by atoms with van der Waals surface area (Å²) in [5.41, 5.74) is 2.15. The van der Waals surface area contributed by atoms with E-state index in [9.17, 15) is 4.79 Å². The number of amides is 1. The maximum Gasteiger partial charge on any atom is 0.222 e. The number of anilines is 1. The first-order valence-electron chi connectivity index (χ1n) is 9.61. The van der Waals surface area contributed by atoms with Crippen molar-refractivity contribution in [3.63, 3.8) is 0 Å². The van der Waals surface area contributed by atoms with Gasteiger partial charge in [0.1, 0.15) is 12.1 Å². The van der Waals surface area contributed by atoms with Crippen molar-refractivity contribution in [1.82, 2.24) is 25.1 Å². The van der Waals surface area contributed by atoms with Gasteiger partial charge in [0.2, 0.25) is 5.91 Å². The minimum absolute atomic E-state index is 0.0880. The van der Waals surface area contributed by atoms with E-state index in [1.165, 1.54) is 0 Å². The number of hydrogen-bond acceptors (Lipinski definition) is 6. The van der Waals surface area contributed by atoms with Crippen LogP contribution in [0.5, 0.6) is 0 Å². The summed E-state index contributed by atoms with van der Waals surface area (Å²) >= 11 is 0. The highest BCUT2D eigenvalue weighted by Gasteiger charge is 2.32. The molecule has 1 aliphatic heterocycles. The van der Waals surface area contributed by atoms with Crippen molar-refractivity contribution in [2.45, 2.75) is 44.7 Å². The first-order chi connectivity index (χ1) is 13.2. The van der Waals surface area contributed by atoms with Crippen molar-refractivity contribution in [2.24, 2.45) is 0 Å². The third kappa shape index (κ3) is 4.27. The van der Waals surface area contributed by atoms with Gasteiger partial charge in [0.15, 0.2) is 0 Å². The van der Waals surface area contributed by atoms with E-state index in [-0.39, 0.29) is 11.9 Å². The van der Waals surface area contributed by atoms with Crippen LogP contribution in [0.4, 0.5) is 5.82 Å². The van der Waals surface area contributed by atoms with Gasteiger partial charge in [-0.25, -0.2) is 9.97 Å². The Morgan fingerprint density at radius 3 is 2.85 bits per heavy atom. The van der Waals surface area contributed by atoms with E-state index in [1.807, 2.05) is 17.7 Å². The Hall–Kier alpha value is -2.48. The van der Waals surface area contributed by atoms with Gasteiger partial charge in [0.05, 0.1) is 13.2 Å². The second kappa shape index (κ2) is 8.04. The average molecular weight is 370 g/mol. The highest BCUT2D eigenvalue weighted by molar-refractivity contribution is 5.76. The molecule has 1 aliphatic carbocycles. The van der Waals surface area contributed by atoms with Gasteiger partial charge in [0.25, 0.3) is 0 Å². The molecule has 2 fully saturated rings. The number of hydrogen-bond donors (Lipinski definition) is 1. The average Bonchev–Trinajstić information content (AvgIpc) is 3.08. The summed E-state index contributed by atoms with van der Waals surface area (Å²) < 4.78 is 7.26. The lowest BCUT2D eigenvalue weighted by atomic mass is 9.78. The summed E-state index contributed by atoms with van der Waals surface area (Å²) in [6.07, 6.45) is 5.74. The van der Waals surface area contributed by atoms with Crippen LogP contribution >= 0.6 is 0 Å². The lowest BCUT2D eigenvalue weighted by Crippen LogP contribution is -2.44. The summed E-state index contributed by atoms with van der Waals surface area (Å²) in [7, 11) is 0. The zero-order valence-corrected chi connectivity index (χ0v) is 15.7. The van der Waals surface area contributed by atoms with E-state index >= 15 is 0 Å². The van der Waals surface area contributed by atoms with E-state index in [0.29, 0.717) is 18.9 Å². The third-order valence-corrected chi connectivity index (χ3v) is 5.41. The number of carbonyl (C=O) groups is 1. The van der Waals surface area contributed by atoms with Crippen LogP contribution in [-0.4, -0.2) is 58.0 Å². The molecule has 1 N–H and O–H groups in total. The molecule has 4 rings (SSSR count). The first-order valence-corrected chi connectivity index (χ1v) is 9.61. The molecule has 0 aromatic carbocycles. The zero-order chi connectivity index (χ0) is 18.6. The number of rotatable bonds is 6. The molecular weight excluding hydrogens is 344 g/mol. The van der Waals surface area contributed by atoms with Crippen LogP contribution in [0.25, 0.3) is 0 Å². The molecule has 1 amide bonds. The van der Waals surface area contributed by atoms with E-state index in [4.69, 9.17) is 4.74 Å².